The molecule has 0 radical (unpaired) electrons. The predicted octanol–water partition coefficient (Wildman–Crippen LogP) is 4.73. The lowest BCUT2D eigenvalue weighted by Gasteiger charge is -2.57. The summed E-state index contributed by atoms with van der Waals surface area (Å²) >= 11 is 0. The van der Waals surface area contributed by atoms with Crippen molar-refractivity contribution in [1.82, 2.24) is 0 Å². The number of aliphatic hydroxyl groups is 2. The molecule has 4 aliphatic carbocycles. The minimum Gasteiger partial charge on any atom is -0.385 e. The van der Waals surface area contributed by atoms with E-state index in [4.69, 9.17) is 9.47 Å². The van der Waals surface area contributed by atoms with Gasteiger partial charge in [-0.05, 0) is 73.6 Å². The third-order valence-corrected chi connectivity index (χ3v) is 11.0. The second-order valence-corrected chi connectivity index (χ2v) is 12.8. The minimum absolute atomic E-state index is 0.0160. The molecule has 6 heteroatoms. The van der Waals surface area contributed by atoms with Gasteiger partial charge in [0, 0.05) is 50.4 Å². The van der Waals surface area contributed by atoms with Crippen molar-refractivity contribution in [1.29, 1.82) is 0 Å². The predicted molar refractivity (Wildman–Crippen MR) is 142 cm³/mol. The fourth-order valence-corrected chi connectivity index (χ4v) is 9.07. The highest BCUT2D eigenvalue weighted by Gasteiger charge is 2.66. The number of carbonyl (C=O) groups excluding carboxylic acids is 1. The van der Waals surface area contributed by atoms with E-state index in [2.05, 4.69) is 36.1 Å². The molecule has 202 valence electrons. The first-order valence-corrected chi connectivity index (χ1v) is 14.3. The lowest BCUT2D eigenvalue weighted by molar-refractivity contribution is -0.208. The van der Waals surface area contributed by atoms with Gasteiger partial charge >= 0.3 is 0 Å². The van der Waals surface area contributed by atoms with E-state index < -0.39 is 22.4 Å². The van der Waals surface area contributed by atoms with Crippen molar-refractivity contribution in [3.63, 3.8) is 0 Å². The summed E-state index contributed by atoms with van der Waals surface area (Å²) in [6.07, 6.45) is 6.09. The van der Waals surface area contributed by atoms with Crippen LogP contribution in [0.3, 0.4) is 0 Å². The zero-order chi connectivity index (χ0) is 26.2. The summed E-state index contributed by atoms with van der Waals surface area (Å²) in [5.74, 6) is -0.0903. The van der Waals surface area contributed by atoms with E-state index in [1.165, 1.54) is 16.7 Å². The summed E-state index contributed by atoms with van der Waals surface area (Å²) in [6.45, 7) is 5.24. The van der Waals surface area contributed by atoms with Crippen LogP contribution in [-0.2, 0) is 14.3 Å². The van der Waals surface area contributed by atoms with Crippen molar-refractivity contribution in [2.75, 3.05) is 32.2 Å². The zero-order valence-electron chi connectivity index (χ0n) is 22.9. The van der Waals surface area contributed by atoms with Crippen LogP contribution in [0.5, 0.6) is 0 Å². The molecule has 5 aliphatic rings. The Hall–Kier alpha value is -1.73. The third-order valence-electron chi connectivity index (χ3n) is 11.0. The van der Waals surface area contributed by atoms with Gasteiger partial charge in [0.2, 0.25) is 0 Å². The van der Waals surface area contributed by atoms with Gasteiger partial charge in [-0.25, -0.2) is 0 Å². The summed E-state index contributed by atoms with van der Waals surface area (Å²) in [5.41, 5.74) is 2.26. The molecule has 4 fully saturated rings. The molecule has 0 amide bonds. The third kappa shape index (κ3) is 3.62. The number of rotatable bonds is 4. The SMILES string of the molecule is CCC(=O)[C@@]1(O)CC[C@H]2[C@@H]3CCC4(O)CC5(CCC4=C3[C@@H](c3ccc(N(C)C)cc3)C[C@@]21C)OCCO5. The lowest BCUT2D eigenvalue weighted by Crippen LogP contribution is -2.57. The fraction of sp³-hybridized carbons (Fsp3) is 0.710. The second-order valence-electron chi connectivity index (χ2n) is 12.8. The number of allylic oxidation sites excluding steroid dienone is 1. The van der Waals surface area contributed by atoms with Crippen LogP contribution in [0.15, 0.2) is 35.4 Å². The Morgan fingerprint density at radius 1 is 1.05 bits per heavy atom. The number of benzene rings is 1. The van der Waals surface area contributed by atoms with Crippen molar-refractivity contribution in [2.24, 2.45) is 17.3 Å². The summed E-state index contributed by atoms with van der Waals surface area (Å²) < 4.78 is 12.1. The number of anilines is 1. The Bertz CT molecular complexity index is 1110. The number of carbonyl (C=O) groups is 1. The molecule has 1 aliphatic heterocycles. The summed E-state index contributed by atoms with van der Waals surface area (Å²) in [4.78, 5) is 15.3. The second kappa shape index (κ2) is 8.64. The highest BCUT2D eigenvalue weighted by molar-refractivity contribution is 5.88. The smallest absolute Gasteiger partial charge is 0.171 e. The van der Waals surface area contributed by atoms with E-state index in [0.29, 0.717) is 38.9 Å². The molecule has 0 bridgehead atoms. The average Bonchev–Trinajstić information content (AvgIpc) is 3.44. The van der Waals surface area contributed by atoms with E-state index in [1.807, 2.05) is 21.0 Å². The van der Waals surface area contributed by atoms with Crippen LogP contribution in [0.25, 0.3) is 0 Å². The van der Waals surface area contributed by atoms with Crippen molar-refractivity contribution >= 4 is 11.5 Å². The Morgan fingerprint density at radius 2 is 1.76 bits per heavy atom. The summed E-state index contributed by atoms with van der Waals surface area (Å²) in [6, 6.07) is 8.75. The van der Waals surface area contributed by atoms with Crippen LogP contribution < -0.4 is 4.90 Å². The molecule has 1 saturated heterocycles. The van der Waals surface area contributed by atoms with Crippen LogP contribution in [0.1, 0.15) is 83.1 Å². The Balaban J connectivity index is 1.48. The Labute approximate surface area is 221 Å². The monoisotopic (exact) mass is 509 g/mol. The molecule has 6 rings (SSSR count). The van der Waals surface area contributed by atoms with Gasteiger partial charge in [0.15, 0.2) is 11.6 Å². The molecule has 1 heterocycles. The van der Waals surface area contributed by atoms with Crippen LogP contribution in [0.4, 0.5) is 5.69 Å². The van der Waals surface area contributed by atoms with Gasteiger partial charge in [-0.3, -0.25) is 4.79 Å². The number of hydrogen-bond acceptors (Lipinski definition) is 6. The molecule has 3 saturated carbocycles. The number of ether oxygens (including phenoxy) is 2. The normalized spacial score (nSPS) is 40.3. The van der Waals surface area contributed by atoms with Gasteiger partial charge in [-0.15, -0.1) is 0 Å². The highest BCUT2D eigenvalue weighted by Crippen LogP contribution is 2.68. The maximum Gasteiger partial charge on any atom is 0.171 e. The first kappa shape index (κ1) is 25.5. The van der Waals surface area contributed by atoms with Crippen LogP contribution in [-0.4, -0.2) is 60.3 Å². The van der Waals surface area contributed by atoms with E-state index in [-0.39, 0.29) is 23.5 Å². The first-order valence-electron chi connectivity index (χ1n) is 14.3. The summed E-state index contributed by atoms with van der Waals surface area (Å²) in [7, 11) is 4.09. The van der Waals surface area contributed by atoms with Gasteiger partial charge in [-0.1, -0.05) is 31.6 Å². The van der Waals surface area contributed by atoms with Gasteiger partial charge in [-0.2, -0.15) is 0 Å². The van der Waals surface area contributed by atoms with Crippen molar-refractivity contribution < 1.29 is 24.5 Å². The standard InChI is InChI=1S/C31H43NO5/c1-5-26(33)31(35)15-12-24-22-10-13-29(34)19-30(36-16-17-37-30)14-11-25(29)27(22)23(18-28(24,31)2)20-6-8-21(9-7-20)32(3)4/h6-9,22-24,34-35H,5,10-19H2,1-4H3/t22-,23+,24-,28-,29?,31-/m0/s1. The topological polar surface area (TPSA) is 79.2 Å². The number of hydrogen-bond donors (Lipinski definition) is 2. The molecule has 6 nitrogen and oxygen atoms in total. The lowest BCUT2D eigenvalue weighted by atomic mass is 9.49. The highest BCUT2D eigenvalue weighted by atomic mass is 16.7. The Kier molecular flexibility index (Phi) is 5.96. The minimum atomic E-state index is -1.28. The quantitative estimate of drug-likeness (QED) is 0.572. The van der Waals surface area contributed by atoms with Crippen molar-refractivity contribution in [3.8, 4) is 0 Å². The average molecular weight is 510 g/mol. The van der Waals surface area contributed by atoms with E-state index >= 15 is 0 Å². The van der Waals surface area contributed by atoms with Crippen LogP contribution >= 0.6 is 0 Å². The van der Waals surface area contributed by atoms with Crippen LogP contribution in [0.2, 0.25) is 0 Å². The van der Waals surface area contributed by atoms with E-state index in [9.17, 15) is 15.0 Å². The van der Waals surface area contributed by atoms with E-state index in [0.717, 1.165) is 37.8 Å². The molecule has 1 spiro atoms. The molecule has 1 unspecified atom stereocenters. The van der Waals surface area contributed by atoms with Crippen LogP contribution in [0, 0.1) is 17.3 Å². The molecular weight excluding hydrogens is 466 g/mol. The number of fused-ring (bicyclic) bond motifs is 4. The van der Waals surface area contributed by atoms with E-state index in [1.54, 1.807) is 0 Å². The molecule has 37 heavy (non-hydrogen) atoms. The van der Waals surface area contributed by atoms with Gasteiger partial charge in [0.05, 0.1) is 18.8 Å². The molecule has 2 N–H and O–H groups in total. The number of nitrogens with zero attached hydrogens (tertiary/aromatic N) is 1. The fourth-order valence-electron chi connectivity index (χ4n) is 9.07. The molecule has 0 aromatic heterocycles. The summed E-state index contributed by atoms with van der Waals surface area (Å²) in [5, 5.41) is 24.1. The van der Waals surface area contributed by atoms with Gasteiger partial charge in [0.25, 0.3) is 0 Å². The number of Topliss-reactive ketones (excluding diaryl/α,β-unsaturated/α-hetero) is 1. The Morgan fingerprint density at radius 3 is 2.41 bits per heavy atom. The maximum atomic E-state index is 13.2. The molecule has 1 aromatic rings. The first-order chi connectivity index (χ1) is 17.6. The van der Waals surface area contributed by atoms with Gasteiger partial charge < -0.3 is 24.6 Å². The molecule has 6 atom stereocenters. The zero-order valence-corrected chi connectivity index (χ0v) is 22.9. The van der Waals surface area contributed by atoms with Crippen molar-refractivity contribution in [3.05, 3.63) is 41.0 Å². The number of ketones is 1. The maximum absolute atomic E-state index is 13.2. The van der Waals surface area contributed by atoms with Crippen molar-refractivity contribution in [2.45, 2.75) is 94.5 Å². The molecule has 1 aromatic carbocycles. The largest absolute Gasteiger partial charge is 0.385 e. The molecular formula is C31H43NO5. The van der Waals surface area contributed by atoms with Gasteiger partial charge in [0.1, 0.15) is 5.60 Å².